The molecule has 2 amide bonds. The number of nitrogens with zero attached hydrogens (tertiary/aromatic N) is 2. The van der Waals surface area contributed by atoms with Crippen molar-refractivity contribution in [3.63, 3.8) is 0 Å². The molecule has 0 aromatic heterocycles. The van der Waals surface area contributed by atoms with Gasteiger partial charge in [0.1, 0.15) is 11.6 Å². The van der Waals surface area contributed by atoms with Crippen LogP contribution in [0.2, 0.25) is 0 Å². The number of methoxy groups -OCH3 is 1. The number of rotatable bonds is 5. The average molecular weight is 469 g/mol. The zero-order valence-corrected chi connectivity index (χ0v) is 20.5. The third kappa shape index (κ3) is 4.38. The fourth-order valence-electron chi connectivity index (χ4n) is 4.97. The molecule has 0 radical (unpaired) electrons. The van der Waals surface area contributed by atoms with Crippen LogP contribution in [0.25, 0.3) is 6.08 Å². The highest BCUT2D eigenvalue weighted by Crippen LogP contribution is 2.46. The SMILES string of the molecule is CCN1c2cc(OC)c(/C=C3/SC(=O)N(Cc4ccc(F)cc4)C3=O)cc2C(C)CC1(C)C. The third-order valence-corrected chi connectivity index (χ3v) is 7.37. The number of anilines is 1. The summed E-state index contributed by atoms with van der Waals surface area (Å²) < 4.78 is 18.9. The first-order valence-electron chi connectivity index (χ1n) is 11.1. The van der Waals surface area contributed by atoms with Crippen LogP contribution in [0.1, 0.15) is 56.7 Å². The standard InChI is InChI=1S/C26H29FN2O3S/c1-6-29-21-13-22(32-5)18(11-20(21)16(2)14-26(29,3)4)12-23-24(30)28(25(31)33-23)15-17-7-9-19(27)10-8-17/h7-13,16H,6,14-15H2,1-5H3/b23-12+. The van der Waals surface area contributed by atoms with Crippen molar-refractivity contribution >= 4 is 34.7 Å². The Hall–Kier alpha value is -2.80. The summed E-state index contributed by atoms with van der Waals surface area (Å²) in [6.45, 7) is 9.89. The molecule has 2 aliphatic heterocycles. The number of hydrogen-bond donors (Lipinski definition) is 0. The van der Waals surface area contributed by atoms with Crippen molar-refractivity contribution in [2.45, 2.75) is 52.1 Å². The molecule has 0 saturated carbocycles. The van der Waals surface area contributed by atoms with Crippen LogP contribution in [-0.4, -0.2) is 35.2 Å². The lowest BCUT2D eigenvalue weighted by Gasteiger charge is -2.47. The summed E-state index contributed by atoms with van der Waals surface area (Å²) in [6, 6.07) is 9.94. The highest BCUT2D eigenvalue weighted by Gasteiger charge is 2.37. The molecule has 2 heterocycles. The minimum absolute atomic E-state index is 0.0384. The molecular formula is C26H29FN2O3S. The number of amides is 2. The molecule has 2 aromatic carbocycles. The Morgan fingerprint density at radius 2 is 1.91 bits per heavy atom. The van der Waals surface area contributed by atoms with Crippen LogP contribution >= 0.6 is 11.8 Å². The highest BCUT2D eigenvalue weighted by molar-refractivity contribution is 8.18. The number of benzene rings is 2. The van der Waals surface area contributed by atoms with Crippen LogP contribution < -0.4 is 9.64 Å². The van der Waals surface area contributed by atoms with E-state index in [1.54, 1.807) is 25.3 Å². The molecule has 33 heavy (non-hydrogen) atoms. The van der Waals surface area contributed by atoms with Crippen molar-refractivity contribution in [1.82, 2.24) is 4.90 Å². The predicted molar refractivity (Wildman–Crippen MR) is 131 cm³/mol. The molecule has 7 heteroatoms. The predicted octanol–water partition coefficient (Wildman–Crippen LogP) is 6.18. The second-order valence-electron chi connectivity index (χ2n) is 9.21. The molecule has 2 aromatic rings. The van der Waals surface area contributed by atoms with E-state index in [1.165, 1.54) is 22.6 Å². The van der Waals surface area contributed by atoms with Gasteiger partial charge < -0.3 is 9.64 Å². The van der Waals surface area contributed by atoms with E-state index in [0.29, 0.717) is 22.1 Å². The zero-order chi connectivity index (χ0) is 23.9. The van der Waals surface area contributed by atoms with E-state index in [1.807, 2.05) is 6.07 Å². The minimum Gasteiger partial charge on any atom is -0.496 e. The number of imide groups is 1. The maximum atomic E-state index is 13.2. The van der Waals surface area contributed by atoms with E-state index in [4.69, 9.17) is 4.74 Å². The van der Waals surface area contributed by atoms with Crippen LogP contribution in [0, 0.1) is 5.82 Å². The summed E-state index contributed by atoms with van der Waals surface area (Å²) in [5, 5.41) is -0.334. The normalized spacial score (nSPS) is 21.0. The molecule has 1 fully saturated rings. The van der Waals surface area contributed by atoms with Gasteiger partial charge in [-0.15, -0.1) is 0 Å². The van der Waals surface area contributed by atoms with E-state index in [2.05, 4.69) is 38.7 Å². The summed E-state index contributed by atoms with van der Waals surface area (Å²) in [6.07, 6.45) is 2.77. The maximum absolute atomic E-state index is 13.2. The largest absolute Gasteiger partial charge is 0.496 e. The summed E-state index contributed by atoms with van der Waals surface area (Å²) in [7, 11) is 1.62. The van der Waals surface area contributed by atoms with Crippen molar-refractivity contribution < 1.29 is 18.7 Å². The average Bonchev–Trinajstić information content (AvgIpc) is 3.02. The second-order valence-corrected chi connectivity index (χ2v) is 10.2. The molecule has 1 unspecified atom stereocenters. The monoisotopic (exact) mass is 468 g/mol. The molecule has 5 nitrogen and oxygen atoms in total. The van der Waals surface area contributed by atoms with Crippen molar-refractivity contribution in [1.29, 1.82) is 0 Å². The maximum Gasteiger partial charge on any atom is 0.293 e. The molecule has 0 spiro atoms. The van der Waals surface area contributed by atoms with E-state index < -0.39 is 0 Å². The van der Waals surface area contributed by atoms with Crippen LogP contribution in [0.5, 0.6) is 5.75 Å². The van der Waals surface area contributed by atoms with Gasteiger partial charge in [0.2, 0.25) is 0 Å². The van der Waals surface area contributed by atoms with E-state index >= 15 is 0 Å². The zero-order valence-electron chi connectivity index (χ0n) is 19.6. The first-order valence-corrected chi connectivity index (χ1v) is 12.0. The van der Waals surface area contributed by atoms with Gasteiger partial charge in [-0.2, -0.15) is 0 Å². The van der Waals surface area contributed by atoms with Crippen molar-refractivity contribution in [3.05, 3.63) is 63.8 Å². The van der Waals surface area contributed by atoms with Crippen LogP contribution in [0.3, 0.4) is 0 Å². The molecule has 0 N–H and O–H groups in total. The lowest BCUT2D eigenvalue weighted by molar-refractivity contribution is -0.123. The molecule has 174 valence electrons. The number of thioether (sulfide) groups is 1. The molecule has 1 atom stereocenters. The van der Waals surface area contributed by atoms with Gasteiger partial charge in [0.05, 0.1) is 18.6 Å². The van der Waals surface area contributed by atoms with Gasteiger partial charge >= 0.3 is 0 Å². The van der Waals surface area contributed by atoms with Crippen LogP contribution in [0.4, 0.5) is 14.9 Å². The van der Waals surface area contributed by atoms with Gasteiger partial charge in [-0.05, 0) is 80.3 Å². The van der Waals surface area contributed by atoms with E-state index in [0.717, 1.165) is 36.0 Å². The Bertz CT molecular complexity index is 1130. The van der Waals surface area contributed by atoms with Gasteiger partial charge in [-0.1, -0.05) is 19.1 Å². The van der Waals surface area contributed by atoms with E-state index in [9.17, 15) is 14.0 Å². The Morgan fingerprint density at radius 3 is 2.55 bits per heavy atom. The summed E-state index contributed by atoms with van der Waals surface area (Å²) in [5.41, 5.74) is 3.89. The number of carbonyl (C=O) groups excluding carboxylic acids is 2. The number of carbonyl (C=O) groups is 2. The molecular weight excluding hydrogens is 439 g/mol. The Morgan fingerprint density at radius 1 is 1.21 bits per heavy atom. The van der Waals surface area contributed by atoms with Crippen molar-refractivity contribution in [2.75, 3.05) is 18.6 Å². The molecule has 2 aliphatic rings. The summed E-state index contributed by atoms with van der Waals surface area (Å²) in [5.74, 6) is 0.317. The Balaban J connectivity index is 1.67. The second kappa shape index (κ2) is 8.86. The topological polar surface area (TPSA) is 49.9 Å². The summed E-state index contributed by atoms with van der Waals surface area (Å²) >= 11 is 0.920. The van der Waals surface area contributed by atoms with Gasteiger partial charge in [-0.25, -0.2) is 4.39 Å². The first kappa shape index (κ1) is 23.4. The lowest BCUT2D eigenvalue weighted by atomic mass is 9.79. The fourth-order valence-corrected chi connectivity index (χ4v) is 5.79. The van der Waals surface area contributed by atoms with Crippen molar-refractivity contribution in [3.8, 4) is 5.75 Å². The van der Waals surface area contributed by atoms with Gasteiger partial charge in [-0.3, -0.25) is 14.5 Å². The third-order valence-electron chi connectivity index (χ3n) is 6.47. The van der Waals surface area contributed by atoms with Crippen molar-refractivity contribution in [2.24, 2.45) is 0 Å². The van der Waals surface area contributed by atoms with Gasteiger partial charge in [0, 0.05) is 29.4 Å². The number of fused-ring (bicyclic) bond motifs is 1. The number of ether oxygens (including phenoxy) is 1. The number of halogens is 1. The van der Waals surface area contributed by atoms with Crippen LogP contribution in [0.15, 0.2) is 41.3 Å². The quantitative estimate of drug-likeness (QED) is 0.490. The Labute approximate surface area is 198 Å². The molecule has 0 aliphatic carbocycles. The first-order chi connectivity index (χ1) is 15.6. The smallest absolute Gasteiger partial charge is 0.293 e. The van der Waals surface area contributed by atoms with Gasteiger partial charge in [0.15, 0.2) is 0 Å². The van der Waals surface area contributed by atoms with Crippen LogP contribution in [-0.2, 0) is 11.3 Å². The molecule has 0 bridgehead atoms. The Kier molecular flexibility index (Phi) is 6.27. The van der Waals surface area contributed by atoms with E-state index in [-0.39, 0.29) is 29.0 Å². The molecule has 1 saturated heterocycles. The lowest BCUT2D eigenvalue weighted by Crippen LogP contribution is -2.48. The highest BCUT2D eigenvalue weighted by atomic mass is 32.2. The summed E-state index contributed by atoms with van der Waals surface area (Å²) in [4.78, 5) is 29.5. The minimum atomic E-state index is -0.355. The fraction of sp³-hybridized carbons (Fsp3) is 0.385. The van der Waals surface area contributed by atoms with Gasteiger partial charge in [0.25, 0.3) is 11.1 Å². The molecule has 4 rings (SSSR count). The number of hydrogen-bond acceptors (Lipinski definition) is 5.